The Morgan fingerprint density at radius 1 is 0.643 bits per heavy atom. The summed E-state index contributed by atoms with van der Waals surface area (Å²) in [6.45, 7) is 4.57. The summed E-state index contributed by atoms with van der Waals surface area (Å²) in [5.74, 6) is 0. The fourth-order valence-corrected chi connectivity index (χ4v) is 6.09. The molecule has 4 rings (SSSR count). The van der Waals surface area contributed by atoms with Gasteiger partial charge in [-0.3, -0.25) is 0 Å². The van der Waals surface area contributed by atoms with Crippen LogP contribution < -0.4 is 10.4 Å². The average Bonchev–Trinajstić information content (AvgIpc) is 3.38. The molecule has 28 heavy (non-hydrogen) atoms. The number of hydrogen-bond acceptors (Lipinski definition) is 0. The van der Waals surface area contributed by atoms with Crippen LogP contribution in [-0.2, 0) is 12.8 Å². The van der Waals surface area contributed by atoms with Crippen molar-refractivity contribution in [1.82, 2.24) is 0 Å². The fraction of sp³-hybridized carbons (Fsp3) is 0.462. The largest absolute Gasteiger partial charge is 0.0917 e. The second-order valence-electron chi connectivity index (χ2n) is 8.00. The molecule has 0 saturated heterocycles. The van der Waals surface area contributed by atoms with Crippen molar-refractivity contribution in [2.45, 2.75) is 87.8 Å². The Labute approximate surface area is 176 Å². The third kappa shape index (κ3) is 3.93. The maximum Gasteiger partial charge on any atom is 0.0514 e. The number of unbranched alkanes of at least 4 members (excludes halogenated alkanes) is 6. The van der Waals surface area contributed by atoms with E-state index < -0.39 is 0 Å². The van der Waals surface area contributed by atoms with Gasteiger partial charge in [0, 0.05) is 21.2 Å². The number of aryl methyl sites for hydroxylation is 2. The highest BCUT2D eigenvalue weighted by Gasteiger charge is 2.16. The van der Waals surface area contributed by atoms with Crippen molar-refractivity contribution in [2.24, 2.45) is 0 Å². The van der Waals surface area contributed by atoms with Gasteiger partial charge in [0.25, 0.3) is 0 Å². The Morgan fingerprint density at radius 3 is 1.54 bits per heavy atom. The number of fused-ring (bicyclic) bond motifs is 5. The average molecular weight is 407 g/mol. The summed E-state index contributed by atoms with van der Waals surface area (Å²) in [6.07, 6.45) is 17.4. The van der Waals surface area contributed by atoms with E-state index in [2.05, 4.69) is 48.5 Å². The summed E-state index contributed by atoms with van der Waals surface area (Å²) >= 11 is 3.59. The van der Waals surface area contributed by atoms with Crippen molar-refractivity contribution in [3.05, 3.63) is 33.7 Å². The van der Waals surface area contributed by atoms with Gasteiger partial charge in [-0.2, -0.15) is 0 Å². The zero-order valence-electron chi connectivity index (χ0n) is 17.2. The van der Waals surface area contributed by atoms with Crippen LogP contribution in [-0.4, -0.2) is 0 Å². The molecule has 2 heteroatoms. The van der Waals surface area contributed by atoms with E-state index in [1.54, 1.807) is 22.3 Å². The molecule has 146 valence electrons. The van der Waals surface area contributed by atoms with Crippen molar-refractivity contribution >= 4 is 45.3 Å². The summed E-state index contributed by atoms with van der Waals surface area (Å²) in [4.78, 5) is 2.88. The first kappa shape index (κ1) is 19.7. The smallest absolute Gasteiger partial charge is 0.0514 e. The Kier molecular flexibility index (Phi) is 6.55. The minimum Gasteiger partial charge on any atom is -0.0917 e. The molecule has 2 aromatic rings. The molecule has 0 aliphatic carbocycles. The van der Waals surface area contributed by atoms with Crippen LogP contribution in [0.25, 0.3) is 22.9 Å². The lowest BCUT2D eigenvalue weighted by molar-refractivity contribution is 0.665. The zero-order valence-corrected chi connectivity index (χ0v) is 18.8. The minimum atomic E-state index is 1.19. The van der Waals surface area contributed by atoms with Crippen molar-refractivity contribution < 1.29 is 0 Å². The highest BCUT2D eigenvalue weighted by molar-refractivity contribution is 7.89. The molecule has 0 atom stereocenters. The SMILES string of the molecule is CCCCCCc1cc2c3c(c(CCCCCC)cc2c2c1=CC#S2)=CC#S3. The standard InChI is InChI=1S/C26H30S2/c1-3-5-7-9-11-19-17-23-24(25-21(19)13-15-27-25)18-20(12-10-8-6-4-2)22-14-16-28-26(22)23/h13-14,17-18H,3-12H2,1-2H3. The first-order chi connectivity index (χ1) is 13.8. The predicted molar refractivity (Wildman–Crippen MR) is 127 cm³/mol. The van der Waals surface area contributed by atoms with Crippen LogP contribution in [0.3, 0.4) is 0 Å². The molecule has 0 nitrogen and oxygen atoms in total. The second-order valence-corrected chi connectivity index (χ2v) is 9.70. The quantitative estimate of drug-likeness (QED) is 0.382. The Hall–Kier alpha value is -1.56. The Bertz CT molecular complexity index is 1050. The molecule has 0 fully saturated rings. The molecular formula is C26H30S2. The van der Waals surface area contributed by atoms with Crippen molar-refractivity contribution in [3.8, 4) is 10.4 Å². The Morgan fingerprint density at radius 2 is 1.11 bits per heavy atom. The van der Waals surface area contributed by atoms with Gasteiger partial charge in [0.15, 0.2) is 0 Å². The van der Waals surface area contributed by atoms with Gasteiger partial charge < -0.3 is 0 Å². The number of rotatable bonds is 10. The van der Waals surface area contributed by atoms with Gasteiger partial charge in [0.2, 0.25) is 0 Å². The Balaban J connectivity index is 1.75. The molecule has 0 amide bonds. The van der Waals surface area contributed by atoms with Crippen molar-refractivity contribution in [1.29, 1.82) is 0 Å². The van der Waals surface area contributed by atoms with Gasteiger partial charge in [-0.05, 0) is 61.1 Å². The van der Waals surface area contributed by atoms with Crippen molar-refractivity contribution in [3.63, 3.8) is 0 Å². The molecule has 0 aromatic heterocycles. The van der Waals surface area contributed by atoms with Gasteiger partial charge in [0.05, 0.1) is 9.79 Å². The summed E-state index contributed by atoms with van der Waals surface area (Å²) in [5, 5.41) is 12.6. The topological polar surface area (TPSA) is 0 Å². The summed E-state index contributed by atoms with van der Waals surface area (Å²) in [6, 6.07) is 4.97. The molecule has 2 heterocycles. The zero-order chi connectivity index (χ0) is 19.3. The highest BCUT2D eigenvalue weighted by atomic mass is 32.1. The van der Waals surface area contributed by atoms with Gasteiger partial charge in [-0.1, -0.05) is 85.1 Å². The number of benzene rings is 2. The van der Waals surface area contributed by atoms with E-state index >= 15 is 0 Å². The van der Waals surface area contributed by atoms with Crippen LogP contribution in [0, 0.1) is 10.4 Å². The first-order valence-electron chi connectivity index (χ1n) is 11.0. The fourth-order valence-electron chi connectivity index (χ4n) is 4.35. The van der Waals surface area contributed by atoms with Gasteiger partial charge in [0.1, 0.15) is 0 Å². The maximum atomic E-state index is 3.43. The third-order valence-corrected chi connectivity index (χ3v) is 7.68. The van der Waals surface area contributed by atoms with Crippen molar-refractivity contribution in [2.75, 3.05) is 0 Å². The van der Waals surface area contributed by atoms with E-state index in [-0.39, 0.29) is 0 Å². The summed E-state index contributed by atoms with van der Waals surface area (Å²) in [5.41, 5.74) is 3.03. The van der Waals surface area contributed by atoms with E-state index in [9.17, 15) is 0 Å². The van der Waals surface area contributed by atoms with Gasteiger partial charge in [-0.25, -0.2) is 0 Å². The van der Waals surface area contributed by atoms with Crippen LogP contribution in [0.2, 0.25) is 0 Å². The van der Waals surface area contributed by atoms with Crippen LogP contribution in [0.15, 0.2) is 21.9 Å². The third-order valence-electron chi connectivity index (χ3n) is 5.93. The first-order valence-corrected chi connectivity index (χ1v) is 12.6. The molecular weight excluding hydrogens is 376 g/mol. The number of hydrogen-bond donors (Lipinski definition) is 0. The lowest BCUT2D eigenvalue weighted by Crippen LogP contribution is -2.15. The maximum absolute atomic E-state index is 3.43. The molecule has 2 aliphatic heterocycles. The van der Waals surface area contributed by atoms with Gasteiger partial charge >= 0.3 is 0 Å². The lowest BCUT2D eigenvalue weighted by Gasteiger charge is -2.12. The van der Waals surface area contributed by atoms with E-state index in [1.807, 2.05) is 0 Å². The molecule has 0 saturated carbocycles. The van der Waals surface area contributed by atoms with Crippen LogP contribution in [0.1, 0.15) is 76.3 Å². The summed E-state index contributed by atoms with van der Waals surface area (Å²) in [7, 11) is 0. The van der Waals surface area contributed by atoms with Crippen LogP contribution in [0.5, 0.6) is 0 Å². The minimum absolute atomic E-state index is 1.19. The molecule has 0 unspecified atom stereocenters. The van der Waals surface area contributed by atoms with Crippen LogP contribution >= 0.6 is 22.3 Å². The molecule has 0 radical (unpaired) electrons. The predicted octanol–water partition coefficient (Wildman–Crippen LogP) is 6.78. The summed E-state index contributed by atoms with van der Waals surface area (Å²) < 4.78 is 0. The highest BCUT2D eigenvalue weighted by Crippen LogP contribution is 2.30. The molecule has 0 bridgehead atoms. The molecule has 0 N–H and O–H groups in total. The molecule has 2 aliphatic rings. The van der Waals surface area contributed by atoms with E-state index in [4.69, 9.17) is 0 Å². The van der Waals surface area contributed by atoms with Crippen LogP contribution in [0.4, 0.5) is 0 Å². The monoisotopic (exact) mass is 406 g/mol. The van der Waals surface area contributed by atoms with E-state index in [1.165, 1.54) is 106 Å². The molecule has 2 aromatic carbocycles. The normalized spacial score (nSPS) is 13.1. The van der Waals surface area contributed by atoms with E-state index in [0.717, 1.165) is 0 Å². The lowest BCUT2D eigenvalue weighted by atomic mass is 9.95. The second kappa shape index (κ2) is 9.29. The van der Waals surface area contributed by atoms with E-state index in [0.29, 0.717) is 0 Å². The van der Waals surface area contributed by atoms with Gasteiger partial charge in [-0.15, -0.1) is 0 Å². The molecule has 0 spiro atoms.